The van der Waals surface area contributed by atoms with Gasteiger partial charge in [0, 0.05) is 17.1 Å². The summed E-state index contributed by atoms with van der Waals surface area (Å²) in [5.74, 6) is -0.221. The van der Waals surface area contributed by atoms with Crippen molar-refractivity contribution in [3.05, 3.63) is 34.9 Å². The van der Waals surface area contributed by atoms with Crippen LogP contribution in [0, 0.1) is 5.92 Å². The molecule has 2 rings (SSSR count). The molecule has 1 fully saturated rings. The van der Waals surface area contributed by atoms with Gasteiger partial charge in [0.2, 0.25) is 5.91 Å². The zero-order valence-corrected chi connectivity index (χ0v) is 11.7. The van der Waals surface area contributed by atoms with Crippen LogP contribution in [0.25, 0.3) is 0 Å². The summed E-state index contributed by atoms with van der Waals surface area (Å²) in [6, 6.07) is 6.54. The van der Waals surface area contributed by atoms with Gasteiger partial charge in [0.25, 0.3) is 5.91 Å². The van der Waals surface area contributed by atoms with Gasteiger partial charge >= 0.3 is 0 Å². The number of halogens is 1. The number of nitrogens with one attached hydrogen (secondary N) is 2. The Labute approximate surface area is 122 Å². The number of aliphatic hydroxyl groups is 1. The fourth-order valence-corrected chi connectivity index (χ4v) is 2.27. The molecule has 2 amide bonds. The number of amides is 2. The van der Waals surface area contributed by atoms with Crippen LogP contribution in [0.1, 0.15) is 23.2 Å². The molecule has 1 aromatic rings. The summed E-state index contributed by atoms with van der Waals surface area (Å²) >= 11 is 5.79. The van der Waals surface area contributed by atoms with E-state index >= 15 is 0 Å². The highest BCUT2D eigenvalue weighted by molar-refractivity contribution is 6.30. The highest BCUT2D eigenvalue weighted by Gasteiger charge is 2.27. The van der Waals surface area contributed by atoms with Crippen LogP contribution in [0.5, 0.6) is 0 Å². The molecule has 0 aromatic heterocycles. The zero-order chi connectivity index (χ0) is 14.5. The molecule has 1 saturated carbocycles. The summed E-state index contributed by atoms with van der Waals surface area (Å²) in [6.07, 6.45) is 1.24. The Morgan fingerprint density at radius 3 is 2.70 bits per heavy atom. The summed E-state index contributed by atoms with van der Waals surface area (Å²) < 4.78 is 0. The van der Waals surface area contributed by atoms with Crippen LogP contribution in [0.3, 0.4) is 0 Å². The van der Waals surface area contributed by atoms with E-state index < -0.39 is 0 Å². The zero-order valence-electron chi connectivity index (χ0n) is 10.9. The summed E-state index contributed by atoms with van der Waals surface area (Å²) in [4.78, 5) is 23.3. The molecule has 0 atom stereocenters. The van der Waals surface area contributed by atoms with Gasteiger partial charge in [-0.05, 0) is 37.0 Å². The molecule has 0 radical (unpaired) electrons. The molecule has 0 aliphatic heterocycles. The summed E-state index contributed by atoms with van der Waals surface area (Å²) in [5.41, 5.74) is 0.424. The summed E-state index contributed by atoms with van der Waals surface area (Å²) in [5, 5.41) is 14.9. The maximum atomic E-state index is 11.8. The molecule has 20 heavy (non-hydrogen) atoms. The molecule has 0 heterocycles. The van der Waals surface area contributed by atoms with E-state index in [0.717, 1.165) is 12.8 Å². The molecule has 3 N–H and O–H groups in total. The van der Waals surface area contributed by atoms with E-state index in [1.165, 1.54) is 0 Å². The average molecular weight is 297 g/mol. The summed E-state index contributed by atoms with van der Waals surface area (Å²) in [6.45, 7) is 0.476. The molecule has 5 nitrogen and oxygen atoms in total. The molecule has 1 aromatic carbocycles. The van der Waals surface area contributed by atoms with E-state index in [4.69, 9.17) is 16.7 Å². The van der Waals surface area contributed by atoms with Crippen LogP contribution in [-0.2, 0) is 4.79 Å². The fourth-order valence-electron chi connectivity index (χ4n) is 2.08. The van der Waals surface area contributed by atoms with Gasteiger partial charge in [-0.2, -0.15) is 0 Å². The van der Waals surface area contributed by atoms with Gasteiger partial charge in [-0.15, -0.1) is 0 Å². The number of hydrogen-bond donors (Lipinski definition) is 3. The van der Waals surface area contributed by atoms with Crippen LogP contribution in [0.4, 0.5) is 0 Å². The molecule has 0 saturated heterocycles. The Hall–Kier alpha value is -1.59. The van der Waals surface area contributed by atoms with E-state index in [0.29, 0.717) is 23.0 Å². The third-order valence-electron chi connectivity index (χ3n) is 3.30. The molecule has 108 valence electrons. The normalized spacial score (nSPS) is 20.9. The predicted molar refractivity (Wildman–Crippen MR) is 75.5 cm³/mol. The number of carbonyl (C=O) groups excluding carboxylic acids is 2. The largest absolute Gasteiger partial charge is 0.393 e. The van der Waals surface area contributed by atoms with E-state index in [2.05, 4.69) is 10.6 Å². The number of benzene rings is 1. The van der Waals surface area contributed by atoms with Crippen molar-refractivity contribution in [2.24, 2.45) is 5.92 Å². The average Bonchev–Trinajstić information content (AvgIpc) is 2.39. The van der Waals surface area contributed by atoms with Crippen molar-refractivity contribution < 1.29 is 14.7 Å². The van der Waals surface area contributed by atoms with Crippen molar-refractivity contribution in [2.75, 3.05) is 13.1 Å². The SMILES string of the molecule is O=C(CNC(=O)c1cccc(Cl)c1)NCC1CC(O)C1. The smallest absolute Gasteiger partial charge is 0.251 e. The first-order chi connectivity index (χ1) is 9.54. The maximum Gasteiger partial charge on any atom is 0.251 e. The third-order valence-corrected chi connectivity index (χ3v) is 3.53. The van der Waals surface area contributed by atoms with Crippen LogP contribution in [-0.4, -0.2) is 36.1 Å². The van der Waals surface area contributed by atoms with E-state index in [1.54, 1.807) is 24.3 Å². The van der Waals surface area contributed by atoms with Crippen LogP contribution < -0.4 is 10.6 Å². The van der Waals surface area contributed by atoms with Gasteiger partial charge in [-0.1, -0.05) is 17.7 Å². The minimum atomic E-state index is -0.332. The first-order valence-corrected chi connectivity index (χ1v) is 6.91. The van der Waals surface area contributed by atoms with E-state index in [-0.39, 0.29) is 24.5 Å². The lowest BCUT2D eigenvalue weighted by molar-refractivity contribution is -0.120. The minimum Gasteiger partial charge on any atom is -0.393 e. The van der Waals surface area contributed by atoms with Crippen LogP contribution in [0.2, 0.25) is 5.02 Å². The standard InChI is InChI=1S/C14H17ClN2O3/c15-11-3-1-2-10(6-11)14(20)17-8-13(19)16-7-9-4-12(18)5-9/h1-3,6,9,12,18H,4-5,7-8H2,(H,16,19)(H,17,20). The molecule has 0 spiro atoms. The topological polar surface area (TPSA) is 78.4 Å². The Bertz CT molecular complexity index is 501. The molecule has 0 unspecified atom stereocenters. The van der Waals surface area contributed by atoms with Gasteiger partial charge < -0.3 is 15.7 Å². The van der Waals surface area contributed by atoms with Crippen LogP contribution in [0.15, 0.2) is 24.3 Å². The first kappa shape index (κ1) is 14.8. The highest BCUT2D eigenvalue weighted by atomic mass is 35.5. The van der Waals surface area contributed by atoms with Gasteiger partial charge in [0.15, 0.2) is 0 Å². The van der Waals surface area contributed by atoms with Gasteiger partial charge in [-0.3, -0.25) is 9.59 Å². The molecular formula is C14H17ClN2O3. The molecule has 1 aliphatic rings. The number of aliphatic hydroxyl groups excluding tert-OH is 1. The van der Waals surface area contributed by atoms with Gasteiger partial charge in [0.05, 0.1) is 12.6 Å². The van der Waals surface area contributed by atoms with Gasteiger partial charge in [0.1, 0.15) is 0 Å². The van der Waals surface area contributed by atoms with Crippen LogP contribution >= 0.6 is 11.6 Å². The summed E-state index contributed by atoms with van der Waals surface area (Å²) in [7, 11) is 0. The molecule has 6 heteroatoms. The monoisotopic (exact) mass is 296 g/mol. The Balaban J connectivity index is 1.69. The van der Waals surface area contributed by atoms with E-state index in [9.17, 15) is 9.59 Å². The number of carbonyl (C=O) groups is 2. The maximum absolute atomic E-state index is 11.8. The van der Waals surface area contributed by atoms with Gasteiger partial charge in [-0.25, -0.2) is 0 Å². The fraction of sp³-hybridized carbons (Fsp3) is 0.429. The van der Waals surface area contributed by atoms with Crippen molar-refractivity contribution in [1.82, 2.24) is 10.6 Å². The Morgan fingerprint density at radius 2 is 2.05 bits per heavy atom. The van der Waals surface area contributed by atoms with Crippen molar-refractivity contribution in [2.45, 2.75) is 18.9 Å². The Morgan fingerprint density at radius 1 is 1.30 bits per heavy atom. The minimum absolute atomic E-state index is 0.0688. The van der Waals surface area contributed by atoms with Crippen molar-refractivity contribution >= 4 is 23.4 Å². The van der Waals surface area contributed by atoms with Crippen molar-refractivity contribution in [1.29, 1.82) is 0 Å². The van der Waals surface area contributed by atoms with Crippen molar-refractivity contribution in [3.63, 3.8) is 0 Å². The molecule has 1 aliphatic carbocycles. The second-order valence-electron chi connectivity index (χ2n) is 4.99. The van der Waals surface area contributed by atoms with E-state index in [1.807, 2.05) is 0 Å². The Kier molecular flexibility index (Phi) is 4.98. The second-order valence-corrected chi connectivity index (χ2v) is 5.42. The quantitative estimate of drug-likeness (QED) is 0.757. The molecular weight excluding hydrogens is 280 g/mol. The second kappa shape index (κ2) is 6.72. The molecule has 0 bridgehead atoms. The first-order valence-electron chi connectivity index (χ1n) is 6.53. The van der Waals surface area contributed by atoms with Crippen molar-refractivity contribution in [3.8, 4) is 0 Å². The third kappa shape index (κ3) is 4.21. The number of rotatable bonds is 5. The predicted octanol–water partition coefficient (Wildman–Crippen LogP) is 0.957. The highest BCUT2D eigenvalue weighted by Crippen LogP contribution is 2.25. The lowest BCUT2D eigenvalue weighted by Gasteiger charge is -2.31. The lowest BCUT2D eigenvalue weighted by atomic mass is 9.82. The lowest BCUT2D eigenvalue weighted by Crippen LogP contribution is -2.42. The number of hydrogen-bond acceptors (Lipinski definition) is 3.